The first kappa shape index (κ1) is 12.8. The molecule has 22 heavy (non-hydrogen) atoms. The van der Waals surface area contributed by atoms with Crippen molar-refractivity contribution in [2.24, 2.45) is 0 Å². The van der Waals surface area contributed by atoms with Crippen molar-refractivity contribution in [2.75, 3.05) is 0 Å². The van der Waals surface area contributed by atoms with Gasteiger partial charge in [-0.05, 0) is 12.1 Å². The van der Waals surface area contributed by atoms with Crippen LogP contribution in [-0.2, 0) is 0 Å². The molecular formula is C15H9N5OS. The number of hydrogen-bond acceptors (Lipinski definition) is 6. The van der Waals surface area contributed by atoms with Crippen molar-refractivity contribution in [3.8, 4) is 21.8 Å². The Bertz CT molecular complexity index is 995. The van der Waals surface area contributed by atoms with Gasteiger partial charge in [-0.25, -0.2) is 0 Å². The van der Waals surface area contributed by atoms with Gasteiger partial charge < -0.3 is 0 Å². The van der Waals surface area contributed by atoms with Crippen molar-refractivity contribution < 1.29 is 0 Å². The fraction of sp³-hybridized carbons (Fsp3) is 0. The van der Waals surface area contributed by atoms with Gasteiger partial charge in [-0.1, -0.05) is 41.7 Å². The molecule has 0 amide bonds. The average Bonchev–Trinajstić information content (AvgIpc) is 3.02. The summed E-state index contributed by atoms with van der Waals surface area (Å²) in [5, 5.41) is 13.2. The lowest BCUT2D eigenvalue weighted by Gasteiger charge is -1.97. The number of fused-ring (bicyclic) bond motifs is 1. The lowest BCUT2D eigenvalue weighted by atomic mass is 10.2. The van der Waals surface area contributed by atoms with Gasteiger partial charge in [0.1, 0.15) is 5.01 Å². The Kier molecular flexibility index (Phi) is 2.97. The molecule has 3 aromatic heterocycles. The number of hydrogen-bond donors (Lipinski definition) is 0. The van der Waals surface area contributed by atoms with Gasteiger partial charge in [0.25, 0.3) is 0 Å². The second-order valence-electron chi connectivity index (χ2n) is 4.56. The highest BCUT2D eigenvalue weighted by molar-refractivity contribution is 7.19. The Labute approximate surface area is 128 Å². The third kappa shape index (κ3) is 2.08. The summed E-state index contributed by atoms with van der Waals surface area (Å²) in [4.78, 5) is 17.0. The Balaban J connectivity index is 1.92. The second-order valence-corrected chi connectivity index (χ2v) is 5.51. The Hall–Kier alpha value is -2.93. The van der Waals surface area contributed by atoms with E-state index in [9.17, 15) is 4.79 Å². The van der Waals surface area contributed by atoms with E-state index in [1.54, 1.807) is 12.4 Å². The van der Waals surface area contributed by atoms with Crippen LogP contribution in [0.5, 0.6) is 0 Å². The molecule has 0 saturated carbocycles. The van der Waals surface area contributed by atoms with Crippen molar-refractivity contribution in [3.05, 3.63) is 65.2 Å². The van der Waals surface area contributed by atoms with Gasteiger partial charge in [0.05, 0.1) is 0 Å². The fourth-order valence-electron chi connectivity index (χ4n) is 2.10. The van der Waals surface area contributed by atoms with E-state index in [0.717, 1.165) is 11.1 Å². The molecule has 0 N–H and O–H groups in total. The largest absolute Gasteiger partial charge is 0.302 e. The van der Waals surface area contributed by atoms with Crippen molar-refractivity contribution >= 4 is 16.3 Å². The summed E-state index contributed by atoms with van der Waals surface area (Å²) in [6.45, 7) is 0. The van der Waals surface area contributed by atoms with Crippen molar-refractivity contribution in [2.45, 2.75) is 0 Å². The summed E-state index contributed by atoms with van der Waals surface area (Å²) in [7, 11) is 0. The molecule has 0 unspecified atom stereocenters. The summed E-state index contributed by atoms with van der Waals surface area (Å²) in [5.74, 6) is 0. The molecule has 7 heteroatoms. The Morgan fingerprint density at radius 2 is 1.68 bits per heavy atom. The fourth-order valence-corrected chi connectivity index (χ4v) is 2.94. The zero-order chi connectivity index (χ0) is 14.9. The standard InChI is InChI=1S/C15H9N5OS/c21-14-12(10-4-2-1-3-5-10)17-18-15-20(14)19-13(22-15)11-6-8-16-9-7-11/h1-9H. The van der Waals surface area contributed by atoms with E-state index in [4.69, 9.17) is 0 Å². The molecule has 0 fully saturated rings. The van der Waals surface area contributed by atoms with Crippen LogP contribution in [0, 0.1) is 0 Å². The van der Waals surface area contributed by atoms with Crippen molar-refractivity contribution in [3.63, 3.8) is 0 Å². The smallest absolute Gasteiger partial charge is 0.265 e. The van der Waals surface area contributed by atoms with Crippen LogP contribution in [0.25, 0.3) is 26.8 Å². The number of rotatable bonds is 2. The van der Waals surface area contributed by atoms with Crippen LogP contribution in [0.3, 0.4) is 0 Å². The predicted molar refractivity (Wildman–Crippen MR) is 83.6 cm³/mol. The molecule has 106 valence electrons. The molecule has 0 aliphatic heterocycles. The van der Waals surface area contributed by atoms with Crippen molar-refractivity contribution in [1.29, 1.82) is 0 Å². The van der Waals surface area contributed by atoms with Gasteiger partial charge in [-0.3, -0.25) is 9.78 Å². The Morgan fingerprint density at radius 3 is 2.45 bits per heavy atom. The maximum absolute atomic E-state index is 12.6. The van der Waals surface area contributed by atoms with E-state index in [0.29, 0.717) is 15.7 Å². The van der Waals surface area contributed by atoms with Gasteiger partial charge in [0.2, 0.25) is 4.96 Å². The van der Waals surface area contributed by atoms with E-state index in [2.05, 4.69) is 20.3 Å². The zero-order valence-electron chi connectivity index (χ0n) is 11.2. The molecule has 4 aromatic rings. The van der Waals surface area contributed by atoms with Crippen LogP contribution < -0.4 is 5.56 Å². The van der Waals surface area contributed by atoms with E-state index in [-0.39, 0.29) is 5.56 Å². The highest BCUT2D eigenvalue weighted by atomic mass is 32.1. The molecule has 0 atom stereocenters. The zero-order valence-corrected chi connectivity index (χ0v) is 12.1. The molecule has 1 aromatic carbocycles. The number of pyridine rings is 1. The molecular weight excluding hydrogens is 298 g/mol. The SMILES string of the molecule is O=c1c(-c2ccccc2)nnc2sc(-c3ccncc3)nn12. The molecule has 0 aliphatic carbocycles. The topological polar surface area (TPSA) is 73.0 Å². The van der Waals surface area contributed by atoms with Crippen LogP contribution in [0.4, 0.5) is 0 Å². The minimum absolute atomic E-state index is 0.271. The van der Waals surface area contributed by atoms with Gasteiger partial charge in [-0.2, -0.15) is 9.61 Å². The maximum Gasteiger partial charge on any atom is 0.302 e. The molecule has 0 aliphatic rings. The van der Waals surface area contributed by atoms with E-state index >= 15 is 0 Å². The molecule has 4 rings (SSSR count). The van der Waals surface area contributed by atoms with Crippen LogP contribution in [-0.4, -0.2) is 24.8 Å². The third-order valence-corrected chi connectivity index (χ3v) is 4.11. The molecule has 6 nitrogen and oxygen atoms in total. The number of aromatic nitrogens is 5. The lowest BCUT2D eigenvalue weighted by molar-refractivity contribution is 0.862. The third-order valence-electron chi connectivity index (χ3n) is 3.16. The molecule has 0 spiro atoms. The van der Waals surface area contributed by atoms with Crippen LogP contribution in [0.2, 0.25) is 0 Å². The summed E-state index contributed by atoms with van der Waals surface area (Å²) >= 11 is 1.32. The van der Waals surface area contributed by atoms with Gasteiger partial charge in [-0.15, -0.1) is 10.2 Å². The molecule has 0 saturated heterocycles. The second kappa shape index (κ2) is 5.12. The molecule has 3 heterocycles. The average molecular weight is 307 g/mol. The number of nitrogens with zero attached hydrogens (tertiary/aromatic N) is 5. The van der Waals surface area contributed by atoms with Crippen LogP contribution >= 0.6 is 11.3 Å². The summed E-state index contributed by atoms with van der Waals surface area (Å²) in [5.41, 5.74) is 1.65. The minimum Gasteiger partial charge on any atom is -0.265 e. The van der Waals surface area contributed by atoms with Gasteiger partial charge in [0, 0.05) is 23.5 Å². The van der Waals surface area contributed by atoms with Gasteiger partial charge in [0.15, 0.2) is 5.69 Å². The van der Waals surface area contributed by atoms with E-state index in [1.807, 2.05) is 42.5 Å². The summed E-state index contributed by atoms with van der Waals surface area (Å²) in [6.07, 6.45) is 3.37. The van der Waals surface area contributed by atoms with Crippen LogP contribution in [0.1, 0.15) is 0 Å². The molecule has 0 radical (unpaired) electrons. The summed E-state index contributed by atoms with van der Waals surface area (Å²) < 4.78 is 1.30. The first-order valence-electron chi connectivity index (χ1n) is 6.55. The van der Waals surface area contributed by atoms with E-state index < -0.39 is 0 Å². The molecule has 0 bridgehead atoms. The highest BCUT2D eigenvalue weighted by Crippen LogP contribution is 2.23. The van der Waals surface area contributed by atoms with Gasteiger partial charge >= 0.3 is 5.56 Å². The first-order valence-corrected chi connectivity index (χ1v) is 7.37. The number of benzene rings is 1. The maximum atomic E-state index is 12.6. The quantitative estimate of drug-likeness (QED) is 0.568. The van der Waals surface area contributed by atoms with E-state index in [1.165, 1.54) is 15.9 Å². The normalized spacial score (nSPS) is 10.9. The highest BCUT2D eigenvalue weighted by Gasteiger charge is 2.13. The monoisotopic (exact) mass is 307 g/mol. The van der Waals surface area contributed by atoms with Crippen molar-refractivity contribution in [1.82, 2.24) is 24.8 Å². The minimum atomic E-state index is -0.271. The Morgan fingerprint density at radius 1 is 0.909 bits per heavy atom. The van der Waals surface area contributed by atoms with Crippen LogP contribution in [0.15, 0.2) is 59.7 Å². The first-order chi connectivity index (χ1) is 10.8. The predicted octanol–water partition coefficient (Wildman–Crippen LogP) is 2.27. The lowest BCUT2D eigenvalue weighted by Crippen LogP contribution is -2.19. The summed E-state index contributed by atoms with van der Waals surface area (Å²) in [6, 6.07) is 12.9.